The molecule has 0 saturated carbocycles. The highest BCUT2D eigenvalue weighted by Gasteiger charge is 2.15. The summed E-state index contributed by atoms with van der Waals surface area (Å²) in [5.41, 5.74) is 1.20. The second kappa shape index (κ2) is 6.01. The SMILES string of the molecule is O=C(CCC1CCNC1)NCc1ccsc1. The van der Waals surface area contributed by atoms with Gasteiger partial charge in [-0.25, -0.2) is 0 Å². The van der Waals surface area contributed by atoms with Crippen LogP contribution in [0.1, 0.15) is 24.8 Å². The first-order chi connectivity index (χ1) is 7.84. The Labute approximate surface area is 100 Å². The van der Waals surface area contributed by atoms with E-state index in [4.69, 9.17) is 0 Å². The van der Waals surface area contributed by atoms with Gasteiger partial charge in [0.15, 0.2) is 0 Å². The zero-order chi connectivity index (χ0) is 11.2. The Hall–Kier alpha value is -0.870. The highest BCUT2D eigenvalue weighted by molar-refractivity contribution is 7.07. The summed E-state index contributed by atoms with van der Waals surface area (Å²) < 4.78 is 0. The van der Waals surface area contributed by atoms with E-state index in [-0.39, 0.29) is 5.91 Å². The Balaban J connectivity index is 1.60. The topological polar surface area (TPSA) is 41.1 Å². The van der Waals surface area contributed by atoms with Crippen molar-refractivity contribution in [3.8, 4) is 0 Å². The van der Waals surface area contributed by atoms with Crippen molar-refractivity contribution in [2.75, 3.05) is 13.1 Å². The fourth-order valence-electron chi connectivity index (χ4n) is 1.98. The van der Waals surface area contributed by atoms with E-state index in [1.54, 1.807) is 11.3 Å². The summed E-state index contributed by atoms with van der Waals surface area (Å²) in [5.74, 6) is 0.880. The average molecular weight is 238 g/mol. The lowest BCUT2D eigenvalue weighted by atomic mass is 10.0. The Bertz CT molecular complexity index is 318. The number of carbonyl (C=O) groups is 1. The van der Waals surface area contributed by atoms with E-state index >= 15 is 0 Å². The molecular formula is C12H18N2OS. The smallest absolute Gasteiger partial charge is 0.220 e. The molecule has 1 aromatic heterocycles. The summed E-state index contributed by atoms with van der Waals surface area (Å²) in [6.45, 7) is 2.87. The van der Waals surface area contributed by atoms with Gasteiger partial charge in [-0.2, -0.15) is 11.3 Å². The van der Waals surface area contributed by atoms with Gasteiger partial charge in [-0.05, 0) is 54.2 Å². The van der Waals surface area contributed by atoms with Crippen molar-refractivity contribution >= 4 is 17.2 Å². The molecule has 2 rings (SSSR count). The van der Waals surface area contributed by atoms with Crippen LogP contribution in [0.15, 0.2) is 16.8 Å². The lowest BCUT2D eigenvalue weighted by Gasteiger charge is -2.08. The maximum absolute atomic E-state index is 11.6. The minimum Gasteiger partial charge on any atom is -0.352 e. The van der Waals surface area contributed by atoms with E-state index in [2.05, 4.69) is 16.0 Å². The molecule has 0 spiro atoms. The van der Waals surface area contributed by atoms with Crippen LogP contribution in [0, 0.1) is 5.92 Å². The van der Waals surface area contributed by atoms with Gasteiger partial charge in [-0.1, -0.05) is 0 Å². The van der Waals surface area contributed by atoms with Gasteiger partial charge < -0.3 is 10.6 Å². The van der Waals surface area contributed by atoms with Gasteiger partial charge in [0.1, 0.15) is 0 Å². The van der Waals surface area contributed by atoms with Crippen LogP contribution in [0.25, 0.3) is 0 Å². The molecule has 1 aliphatic rings. The molecule has 88 valence electrons. The monoisotopic (exact) mass is 238 g/mol. The van der Waals surface area contributed by atoms with E-state index in [1.807, 2.05) is 11.4 Å². The van der Waals surface area contributed by atoms with Gasteiger partial charge in [0.05, 0.1) is 0 Å². The quantitative estimate of drug-likeness (QED) is 0.820. The molecule has 1 saturated heterocycles. The summed E-state index contributed by atoms with van der Waals surface area (Å²) in [7, 11) is 0. The van der Waals surface area contributed by atoms with E-state index in [9.17, 15) is 4.79 Å². The molecule has 4 heteroatoms. The van der Waals surface area contributed by atoms with Crippen LogP contribution >= 0.6 is 11.3 Å². The lowest BCUT2D eigenvalue weighted by molar-refractivity contribution is -0.121. The molecule has 16 heavy (non-hydrogen) atoms. The lowest BCUT2D eigenvalue weighted by Crippen LogP contribution is -2.23. The van der Waals surface area contributed by atoms with E-state index in [0.29, 0.717) is 18.9 Å². The largest absolute Gasteiger partial charge is 0.352 e. The highest BCUT2D eigenvalue weighted by atomic mass is 32.1. The molecule has 2 heterocycles. The van der Waals surface area contributed by atoms with Crippen molar-refractivity contribution in [1.82, 2.24) is 10.6 Å². The van der Waals surface area contributed by atoms with Crippen molar-refractivity contribution in [3.05, 3.63) is 22.4 Å². The molecule has 1 aliphatic heterocycles. The van der Waals surface area contributed by atoms with E-state index < -0.39 is 0 Å². The fourth-order valence-corrected chi connectivity index (χ4v) is 2.65. The summed E-state index contributed by atoms with van der Waals surface area (Å²) in [6, 6.07) is 2.05. The molecule has 0 bridgehead atoms. The van der Waals surface area contributed by atoms with E-state index in [1.165, 1.54) is 12.0 Å². The fraction of sp³-hybridized carbons (Fsp3) is 0.583. The third kappa shape index (κ3) is 3.61. The molecule has 1 unspecified atom stereocenters. The van der Waals surface area contributed by atoms with Gasteiger partial charge in [-0.3, -0.25) is 4.79 Å². The van der Waals surface area contributed by atoms with Crippen LogP contribution in [0.3, 0.4) is 0 Å². The molecule has 0 aliphatic carbocycles. The Kier molecular flexibility index (Phi) is 4.36. The number of thiophene rings is 1. The Morgan fingerprint density at radius 2 is 2.56 bits per heavy atom. The van der Waals surface area contributed by atoms with Crippen LogP contribution in [0.4, 0.5) is 0 Å². The zero-order valence-electron chi connectivity index (χ0n) is 9.37. The standard InChI is InChI=1S/C12H18N2OS/c15-12(2-1-10-3-5-13-7-10)14-8-11-4-6-16-9-11/h4,6,9-10,13H,1-3,5,7-8H2,(H,14,15). The normalized spacial score (nSPS) is 19.9. The number of carbonyl (C=O) groups excluding carboxylic acids is 1. The van der Waals surface area contributed by atoms with Crippen LogP contribution < -0.4 is 10.6 Å². The first-order valence-electron chi connectivity index (χ1n) is 5.83. The number of nitrogens with one attached hydrogen (secondary N) is 2. The molecule has 1 atom stereocenters. The predicted molar refractivity (Wildman–Crippen MR) is 66.4 cm³/mol. The highest BCUT2D eigenvalue weighted by Crippen LogP contribution is 2.14. The molecule has 2 N–H and O–H groups in total. The Morgan fingerprint density at radius 1 is 1.62 bits per heavy atom. The second-order valence-corrected chi connectivity index (χ2v) is 5.09. The molecule has 1 fully saturated rings. The van der Waals surface area contributed by atoms with Gasteiger partial charge in [0, 0.05) is 13.0 Å². The zero-order valence-corrected chi connectivity index (χ0v) is 10.2. The van der Waals surface area contributed by atoms with E-state index in [0.717, 1.165) is 19.5 Å². The first-order valence-corrected chi connectivity index (χ1v) is 6.77. The predicted octanol–water partition coefficient (Wildman–Crippen LogP) is 1.75. The second-order valence-electron chi connectivity index (χ2n) is 4.31. The maximum Gasteiger partial charge on any atom is 0.220 e. The molecule has 0 radical (unpaired) electrons. The van der Waals surface area contributed by atoms with Crippen LogP contribution in [-0.2, 0) is 11.3 Å². The first kappa shape index (κ1) is 11.6. The maximum atomic E-state index is 11.6. The number of rotatable bonds is 5. The Morgan fingerprint density at radius 3 is 3.25 bits per heavy atom. The molecule has 1 amide bonds. The number of hydrogen-bond acceptors (Lipinski definition) is 3. The minimum absolute atomic E-state index is 0.179. The van der Waals surface area contributed by atoms with Crippen molar-refractivity contribution in [3.63, 3.8) is 0 Å². The summed E-state index contributed by atoms with van der Waals surface area (Å²) in [5, 5.41) is 10.4. The van der Waals surface area contributed by atoms with Crippen molar-refractivity contribution < 1.29 is 4.79 Å². The average Bonchev–Trinajstić information content (AvgIpc) is 2.96. The van der Waals surface area contributed by atoms with Crippen LogP contribution in [-0.4, -0.2) is 19.0 Å². The molecule has 1 aromatic rings. The molecule has 0 aromatic carbocycles. The summed E-state index contributed by atoms with van der Waals surface area (Å²) in [6.07, 6.45) is 2.90. The van der Waals surface area contributed by atoms with Crippen LogP contribution in [0.5, 0.6) is 0 Å². The van der Waals surface area contributed by atoms with Crippen molar-refractivity contribution in [1.29, 1.82) is 0 Å². The van der Waals surface area contributed by atoms with Gasteiger partial charge in [0.25, 0.3) is 0 Å². The van der Waals surface area contributed by atoms with Gasteiger partial charge in [0.2, 0.25) is 5.91 Å². The van der Waals surface area contributed by atoms with Crippen molar-refractivity contribution in [2.24, 2.45) is 5.92 Å². The third-order valence-electron chi connectivity index (χ3n) is 3.01. The van der Waals surface area contributed by atoms with Gasteiger partial charge in [-0.15, -0.1) is 0 Å². The third-order valence-corrected chi connectivity index (χ3v) is 3.74. The van der Waals surface area contributed by atoms with Crippen molar-refractivity contribution in [2.45, 2.75) is 25.8 Å². The molecular weight excluding hydrogens is 220 g/mol. The minimum atomic E-state index is 0.179. The number of amides is 1. The van der Waals surface area contributed by atoms with Crippen LogP contribution in [0.2, 0.25) is 0 Å². The summed E-state index contributed by atoms with van der Waals surface area (Å²) >= 11 is 1.67. The molecule has 3 nitrogen and oxygen atoms in total. The summed E-state index contributed by atoms with van der Waals surface area (Å²) in [4.78, 5) is 11.6. The van der Waals surface area contributed by atoms with Gasteiger partial charge >= 0.3 is 0 Å². The number of hydrogen-bond donors (Lipinski definition) is 2.